The molecule has 1 fully saturated rings. The Hall–Kier alpha value is -1.88. The van der Waals surface area contributed by atoms with Crippen LogP contribution in [-0.4, -0.2) is 48.5 Å². The zero-order valence-corrected chi connectivity index (χ0v) is 10.3. The first-order valence-corrected chi connectivity index (χ1v) is 6.13. The molecule has 2 rings (SSSR count). The van der Waals surface area contributed by atoms with E-state index in [-0.39, 0.29) is 5.91 Å². The average Bonchev–Trinajstić information content (AvgIpc) is 2.46. The normalized spacial score (nSPS) is 16.3. The molecule has 1 aromatic heterocycles. The Morgan fingerprint density at radius 2 is 2.11 bits per heavy atom. The molecule has 0 radical (unpaired) electrons. The second-order valence-electron chi connectivity index (χ2n) is 4.14. The van der Waals surface area contributed by atoms with Gasteiger partial charge in [-0.25, -0.2) is 4.98 Å². The summed E-state index contributed by atoms with van der Waals surface area (Å²) in [6.45, 7) is 3.49. The lowest BCUT2D eigenvalue weighted by molar-refractivity contribution is -0.126. The van der Waals surface area contributed by atoms with Crippen LogP contribution in [0.2, 0.25) is 0 Å². The fourth-order valence-corrected chi connectivity index (χ4v) is 1.97. The number of carbonyl (C=O) groups excluding carboxylic acids is 1. The van der Waals surface area contributed by atoms with Crippen molar-refractivity contribution in [1.82, 2.24) is 9.88 Å². The summed E-state index contributed by atoms with van der Waals surface area (Å²) in [6.07, 6.45) is 5.03. The molecule has 0 unspecified atom stereocenters. The van der Waals surface area contributed by atoms with Gasteiger partial charge in [-0.2, -0.15) is 0 Å². The first-order chi connectivity index (χ1) is 8.81. The van der Waals surface area contributed by atoms with Gasteiger partial charge >= 0.3 is 0 Å². The topological polar surface area (TPSA) is 62.5 Å². The molecule has 2 heterocycles. The minimum atomic E-state index is 0.0427. The van der Waals surface area contributed by atoms with E-state index in [1.54, 1.807) is 18.3 Å². The van der Waals surface area contributed by atoms with Crippen molar-refractivity contribution in [3.63, 3.8) is 0 Å². The molecular formula is C13H18N4O. The highest BCUT2D eigenvalue weighted by atomic mass is 16.2. The molecule has 1 aliphatic rings. The molecular weight excluding hydrogens is 228 g/mol. The number of hydrogen-bond donors (Lipinski definition) is 1. The van der Waals surface area contributed by atoms with Crippen LogP contribution in [0.25, 0.3) is 0 Å². The zero-order valence-electron chi connectivity index (χ0n) is 10.3. The smallest absolute Gasteiger partial charge is 0.246 e. The molecule has 0 atom stereocenters. The largest absolute Gasteiger partial charge is 0.353 e. The van der Waals surface area contributed by atoms with E-state index in [0.717, 1.165) is 32.0 Å². The van der Waals surface area contributed by atoms with E-state index < -0.39 is 0 Å². The molecule has 18 heavy (non-hydrogen) atoms. The molecule has 0 spiro atoms. The van der Waals surface area contributed by atoms with Crippen LogP contribution in [0.5, 0.6) is 0 Å². The Kier molecular flexibility index (Phi) is 4.30. The van der Waals surface area contributed by atoms with Crippen LogP contribution < -0.4 is 10.6 Å². The van der Waals surface area contributed by atoms with Crippen molar-refractivity contribution in [2.24, 2.45) is 5.73 Å². The van der Waals surface area contributed by atoms with Gasteiger partial charge in [0.05, 0.1) is 0 Å². The molecule has 2 N–H and O–H groups in total. The first-order valence-electron chi connectivity index (χ1n) is 6.13. The number of rotatable bonds is 3. The van der Waals surface area contributed by atoms with E-state index in [1.807, 2.05) is 23.1 Å². The third kappa shape index (κ3) is 3.07. The number of hydrogen-bond acceptors (Lipinski definition) is 4. The monoisotopic (exact) mass is 246 g/mol. The predicted molar refractivity (Wildman–Crippen MR) is 71.2 cm³/mol. The third-order valence-electron chi connectivity index (χ3n) is 2.96. The van der Waals surface area contributed by atoms with E-state index in [0.29, 0.717) is 6.54 Å². The Balaban J connectivity index is 1.88. The number of piperazine rings is 1. The molecule has 96 valence electrons. The number of anilines is 1. The van der Waals surface area contributed by atoms with Gasteiger partial charge in [0.2, 0.25) is 5.91 Å². The molecule has 0 aliphatic carbocycles. The number of nitrogens with two attached hydrogens (primary N) is 1. The summed E-state index contributed by atoms with van der Waals surface area (Å²) < 4.78 is 0. The van der Waals surface area contributed by atoms with Crippen LogP contribution in [0.4, 0.5) is 5.82 Å². The number of amides is 1. The standard InChI is InChI=1S/C13H18N4O/c14-6-3-5-13(18)17-10-8-16(9-11-17)12-4-1-2-7-15-12/h1-5,7H,6,8-11,14H2/b5-3+. The fourth-order valence-electron chi connectivity index (χ4n) is 1.97. The Morgan fingerprint density at radius 3 is 2.72 bits per heavy atom. The van der Waals surface area contributed by atoms with E-state index in [9.17, 15) is 4.79 Å². The Bertz CT molecular complexity index is 410. The second kappa shape index (κ2) is 6.16. The van der Waals surface area contributed by atoms with Crippen LogP contribution in [0.1, 0.15) is 0 Å². The summed E-state index contributed by atoms with van der Waals surface area (Å²) in [5, 5.41) is 0. The molecule has 0 aromatic carbocycles. The number of aromatic nitrogens is 1. The lowest BCUT2D eigenvalue weighted by atomic mass is 10.3. The SMILES string of the molecule is NC/C=C/C(=O)N1CCN(c2ccccn2)CC1. The van der Waals surface area contributed by atoms with Crippen LogP contribution in [0, 0.1) is 0 Å². The van der Waals surface area contributed by atoms with Crippen molar-refractivity contribution in [2.45, 2.75) is 0 Å². The molecule has 1 saturated heterocycles. The zero-order chi connectivity index (χ0) is 12.8. The maximum Gasteiger partial charge on any atom is 0.246 e. The minimum Gasteiger partial charge on any atom is -0.353 e. The van der Waals surface area contributed by atoms with Gasteiger partial charge in [0.1, 0.15) is 5.82 Å². The van der Waals surface area contributed by atoms with Crippen molar-refractivity contribution in [3.8, 4) is 0 Å². The highest BCUT2D eigenvalue weighted by molar-refractivity contribution is 5.87. The van der Waals surface area contributed by atoms with Crippen molar-refractivity contribution < 1.29 is 4.79 Å². The minimum absolute atomic E-state index is 0.0427. The summed E-state index contributed by atoms with van der Waals surface area (Å²) >= 11 is 0. The molecule has 1 aliphatic heterocycles. The highest BCUT2D eigenvalue weighted by Gasteiger charge is 2.19. The quantitative estimate of drug-likeness (QED) is 0.776. The van der Waals surface area contributed by atoms with Crippen molar-refractivity contribution in [1.29, 1.82) is 0 Å². The number of carbonyl (C=O) groups is 1. The van der Waals surface area contributed by atoms with E-state index in [1.165, 1.54) is 0 Å². The lowest BCUT2D eigenvalue weighted by Crippen LogP contribution is -2.48. The van der Waals surface area contributed by atoms with Gasteiger partial charge in [-0.1, -0.05) is 12.1 Å². The lowest BCUT2D eigenvalue weighted by Gasteiger charge is -2.34. The van der Waals surface area contributed by atoms with Crippen LogP contribution in [0.15, 0.2) is 36.5 Å². The fraction of sp³-hybridized carbons (Fsp3) is 0.385. The summed E-state index contributed by atoms with van der Waals surface area (Å²) in [6, 6.07) is 5.87. The molecule has 1 amide bonds. The third-order valence-corrected chi connectivity index (χ3v) is 2.96. The van der Waals surface area contributed by atoms with Gasteiger partial charge in [0, 0.05) is 45.0 Å². The van der Waals surface area contributed by atoms with E-state index in [4.69, 9.17) is 5.73 Å². The van der Waals surface area contributed by atoms with Gasteiger partial charge in [0.15, 0.2) is 0 Å². The molecule has 0 bridgehead atoms. The molecule has 1 aromatic rings. The molecule has 5 nitrogen and oxygen atoms in total. The van der Waals surface area contributed by atoms with Gasteiger partial charge in [-0.3, -0.25) is 4.79 Å². The van der Waals surface area contributed by atoms with Gasteiger partial charge in [-0.15, -0.1) is 0 Å². The first kappa shape index (κ1) is 12.6. The number of pyridine rings is 1. The number of nitrogens with zero attached hydrogens (tertiary/aromatic N) is 3. The molecule has 5 heteroatoms. The summed E-state index contributed by atoms with van der Waals surface area (Å²) in [5.74, 6) is 1.02. The van der Waals surface area contributed by atoms with E-state index in [2.05, 4.69) is 9.88 Å². The van der Waals surface area contributed by atoms with Crippen molar-refractivity contribution in [2.75, 3.05) is 37.6 Å². The highest BCUT2D eigenvalue weighted by Crippen LogP contribution is 2.12. The van der Waals surface area contributed by atoms with Crippen LogP contribution in [-0.2, 0) is 4.79 Å². The van der Waals surface area contributed by atoms with Gasteiger partial charge in [0.25, 0.3) is 0 Å². The predicted octanol–water partition coefficient (Wildman–Crippen LogP) is 0.245. The summed E-state index contributed by atoms with van der Waals surface area (Å²) in [4.78, 5) is 20.1. The van der Waals surface area contributed by atoms with Crippen LogP contribution >= 0.6 is 0 Å². The Morgan fingerprint density at radius 1 is 1.33 bits per heavy atom. The van der Waals surface area contributed by atoms with E-state index >= 15 is 0 Å². The maximum atomic E-state index is 11.7. The van der Waals surface area contributed by atoms with Crippen molar-refractivity contribution in [3.05, 3.63) is 36.5 Å². The summed E-state index contributed by atoms with van der Waals surface area (Å²) in [5.41, 5.74) is 5.33. The Labute approximate surface area is 107 Å². The molecule has 0 saturated carbocycles. The van der Waals surface area contributed by atoms with Gasteiger partial charge in [-0.05, 0) is 12.1 Å². The maximum absolute atomic E-state index is 11.7. The van der Waals surface area contributed by atoms with Gasteiger partial charge < -0.3 is 15.5 Å². The summed E-state index contributed by atoms with van der Waals surface area (Å²) in [7, 11) is 0. The van der Waals surface area contributed by atoms with Crippen LogP contribution in [0.3, 0.4) is 0 Å². The average molecular weight is 246 g/mol. The second-order valence-corrected chi connectivity index (χ2v) is 4.14. The van der Waals surface area contributed by atoms with Crippen molar-refractivity contribution >= 4 is 11.7 Å².